The molecule has 0 N–H and O–H groups in total. The zero-order chi connectivity index (χ0) is 2.00. The van der Waals surface area contributed by atoms with E-state index in [2.05, 4.69) is 7.85 Å². The molecular formula is C2H6BUV-. The van der Waals surface area contributed by atoms with Crippen LogP contribution >= 0.6 is 0 Å². The molecular weight excluding hydrogens is 324 g/mol. The summed E-state index contributed by atoms with van der Waals surface area (Å²) in [6.07, 6.45) is 0. The van der Waals surface area contributed by atoms with Crippen molar-refractivity contribution in [1.82, 2.24) is 0 Å². The summed E-state index contributed by atoms with van der Waals surface area (Å²) in [7, 11) is 4.50. The number of rotatable bonds is 0. The Balaban J connectivity index is -0.00000000167. The third kappa shape index (κ3) is 27.0. The van der Waals surface area contributed by atoms with Gasteiger partial charge in [-0.25, -0.2) is 0 Å². The van der Waals surface area contributed by atoms with Gasteiger partial charge in [0.1, 0.15) is 0 Å². The predicted molar refractivity (Wildman–Crippen MR) is 18.0 cm³/mol. The van der Waals surface area contributed by atoms with Gasteiger partial charge in [-0.3, -0.25) is 0 Å². The van der Waals surface area contributed by atoms with Gasteiger partial charge in [-0.1, -0.05) is 6.82 Å². The Labute approximate surface area is 71.2 Å². The van der Waals surface area contributed by atoms with Crippen LogP contribution in [0.2, 0.25) is 6.82 Å². The van der Waals surface area contributed by atoms with E-state index in [1.807, 2.05) is 0 Å². The fourth-order valence-corrected chi connectivity index (χ4v) is 0. The maximum absolute atomic E-state index is 4.50. The molecule has 0 amide bonds. The number of hydrogen-bond acceptors (Lipinski definition) is 0. The van der Waals surface area contributed by atoms with Gasteiger partial charge in [0.25, 0.3) is 0 Å². The van der Waals surface area contributed by atoms with E-state index < -0.39 is 0 Å². The van der Waals surface area contributed by atoms with E-state index in [-0.39, 0.29) is 57.1 Å². The smallest absolute Gasteiger partial charge is 0.0606 e. The molecule has 0 heterocycles. The quantitative estimate of drug-likeness (QED) is 0.452. The first-order chi connectivity index (χ1) is 1.00. The van der Waals surface area contributed by atoms with Gasteiger partial charge in [0, 0.05) is 49.7 Å². The van der Waals surface area contributed by atoms with Crippen molar-refractivity contribution in [2.75, 3.05) is 0 Å². The Morgan fingerprint density at radius 1 is 1.20 bits per heavy atom. The molecule has 0 aliphatic heterocycles. The summed E-state index contributed by atoms with van der Waals surface area (Å²) < 4.78 is 0. The molecule has 3 radical (unpaired) electrons. The average Bonchev–Trinajstić information content (AvgIpc) is 1.00. The van der Waals surface area contributed by atoms with Gasteiger partial charge >= 0.3 is 0 Å². The summed E-state index contributed by atoms with van der Waals surface area (Å²) >= 11 is 0. The molecule has 0 unspecified atom stereocenters. The van der Waals surface area contributed by atoms with E-state index in [9.17, 15) is 0 Å². The molecule has 3 heteroatoms. The Kier molecular flexibility index (Phi) is 260. The predicted octanol–water partition coefficient (Wildman–Crippen LogP) is 0.651. The molecule has 0 fully saturated rings. The van der Waals surface area contributed by atoms with Crippen molar-refractivity contribution in [1.29, 1.82) is 0 Å². The molecule has 0 aromatic heterocycles. The maximum Gasteiger partial charge on any atom is 0.0606 e. The standard InChI is InChI=1S/CH3B.CH3.U.V/c1-2;;;/h1H3;1H3;;/q;-1;;. The van der Waals surface area contributed by atoms with Crippen molar-refractivity contribution in [2.45, 2.75) is 6.82 Å². The van der Waals surface area contributed by atoms with E-state index in [0.29, 0.717) is 0 Å². The molecule has 0 atom stereocenters. The van der Waals surface area contributed by atoms with Crippen LogP contribution in [0.5, 0.6) is 0 Å². The molecule has 0 saturated carbocycles. The first kappa shape index (κ1) is 29.9. The van der Waals surface area contributed by atoms with Crippen molar-refractivity contribution in [3.05, 3.63) is 7.43 Å². The van der Waals surface area contributed by atoms with Crippen LogP contribution in [-0.4, -0.2) is 7.85 Å². The van der Waals surface area contributed by atoms with E-state index in [1.54, 1.807) is 0 Å². The molecule has 0 saturated heterocycles. The summed E-state index contributed by atoms with van der Waals surface area (Å²) in [4.78, 5) is 0. The third-order valence-corrected chi connectivity index (χ3v) is 0. The Morgan fingerprint density at radius 2 is 1.20 bits per heavy atom. The van der Waals surface area contributed by atoms with Crippen LogP contribution in [0, 0.1) is 38.5 Å². The second kappa shape index (κ2) is 43.5. The molecule has 0 nitrogen and oxygen atoms in total. The monoisotopic (exact) mass is 330 g/mol. The minimum absolute atomic E-state index is 0. The third-order valence-electron chi connectivity index (χ3n) is 0. The molecule has 0 aliphatic rings. The molecule has 0 aromatic carbocycles. The van der Waals surface area contributed by atoms with Crippen LogP contribution in [0.3, 0.4) is 0 Å². The van der Waals surface area contributed by atoms with Crippen molar-refractivity contribution in [2.24, 2.45) is 0 Å². The molecule has 27 valence electrons. The molecule has 5 heavy (non-hydrogen) atoms. The first-order valence-electron chi connectivity index (χ1n) is 0.577. The van der Waals surface area contributed by atoms with E-state index >= 15 is 0 Å². The van der Waals surface area contributed by atoms with Gasteiger partial charge in [0.2, 0.25) is 0 Å². The van der Waals surface area contributed by atoms with Crippen molar-refractivity contribution < 1.29 is 49.7 Å². The Hall–Kier alpha value is 1.70. The molecule has 0 aromatic rings. The average molecular weight is 330 g/mol. The maximum atomic E-state index is 4.50. The minimum atomic E-state index is 0. The summed E-state index contributed by atoms with van der Waals surface area (Å²) in [5.41, 5.74) is 0. The van der Waals surface area contributed by atoms with Crippen molar-refractivity contribution in [3.63, 3.8) is 0 Å². The second-order valence-corrected chi connectivity index (χ2v) is 0. The summed E-state index contributed by atoms with van der Waals surface area (Å²) in [6, 6.07) is 0. The Bertz CT molecular complexity index is 9.61. The van der Waals surface area contributed by atoms with Gasteiger partial charge in [0.05, 0.1) is 7.85 Å². The summed E-state index contributed by atoms with van der Waals surface area (Å²) in [6.45, 7) is 1.50. The zero-order valence-electron chi connectivity index (χ0n) is 3.52. The fraction of sp³-hybridized carbons (Fsp3) is 0.500. The van der Waals surface area contributed by atoms with Gasteiger partial charge in [-0.05, 0) is 0 Å². The zero-order valence-corrected chi connectivity index (χ0v) is 9.08. The molecule has 0 spiro atoms. The largest absolute Gasteiger partial charge is 0.358 e. The van der Waals surface area contributed by atoms with Gasteiger partial charge in [-0.15, -0.1) is 0 Å². The van der Waals surface area contributed by atoms with Crippen LogP contribution in [-0.2, 0) is 18.6 Å². The SMILES string of the molecule is [B]C.[CH3-].[U].[V]. The van der Waals surface area contributed by atoms with Gasteiger partial charge < -0.3 is 7.43 Å². The summed E-state index contributed by atoms with van der Waals surface area (Å²) in [5, 5.41) is 0. The van der Waals surface area contributed by atoms with E-state index in [1.165, 1.54) is 6.82 Å². The van der Waals surface area contributed by atoms with Gasteiger partial charge in [-0.2, -0.15) is 0 Å². The van der Waals surface area contributed by atoms with Crippen molar-refractivity contribution in [3.8, 4) is 0 Å². The van der Waals surface area contributed by atoms with Crippen molar-refractivity contribution >= 4 is 7.85 Å². The minimum Gasteiger partial charge on any atom is -0.358 e. The number of hydrogen-bond donors (Lipinski definition) is 0. The van der Waals surface area contributed by atoms with E-state index in [0.717, 1.165) is 0 Å². The molecule has 0 aliphatic carbocycles. The molecule has 0 rings (SSSR count). The van der Waals surface area contributed by atoms with Crippen LogP contribution < -0.4 is 0 Å². The van der Waals surface area contributed by atoms with E-state index in [4.69, 9.17) is 0 Å². The molecule has 0 bridgehead atoms. The normalized spacial score (nSPS) is 1.00. The van der Waals surface area contributed by atoms with Crippen LogP contribution in [0.25, 0.3) is 0 Å². The first-order valence-corrected chi connectivity index (χ1v) is 0.577. The van der Waals surface area contributed by atoms with Crippen LogP contribution in [0.4, 0.5) is 0 Å². The van der Waals surface area contributed by atoms with Gasteiger partial charge in [0.15, 0.2) is 0 Å². The Morgan fingerprint density at radius 3 is 1.20 bits per heavy atom. The topological polar surface area (TPSA) is 0 Å². The second-order valence-electron chi connectivity index (χ2n) is 0. The fourth-order valence-electron chi connectivity index (χ4n) is 0. The van der Waals surface area contributed by atoms with Crippen LogP contribution in [0.1, 0.15) is 0 Å². The summed E-state index contributed by atoms with van der Waals surface area (Å²) in [5.74, 6) is 0. The van der Waals surface area contributed by atoms with Crippen LogP contribution in [0.15, 0.2) is 0 Å².